The molecule has 0 bridgehead atoms. The summed E-state index contributed by atoms with van der Waals surface area (Å²) in [5, 5.41) is 3.77. The number of pyridine rings is 1. The number of esters is 1. The second-order valence-corrected chi connectivity index (χ2v) is 7.04. The number of anilines is 1. The van der Waals surface area contributed by atoms with Gasteiger partial charge in [0.1, 0.15) is 0 Å². The van der Waals surface area contributed by atoms with Crippen molar-refractivity contribution < 1.29 is 14.3 Å². The number of aryl methyl sites for hydroxylation is 2. The van der Waals surface area contributed by atoms with Crippen molar-refractivity contribution in [1.82, 2.24) is 4.98 Å². The van der Waals surface area contributed by atoms with Crippen molar-refractivity contribution in [2.45, 2.75) is 19.8 Å². The number of ether oxygens (including phenoxy) is 1. The van der Waals surface area contributed by atoms with Crippen LogP contribution in [0.3, 0.4) is 0 Å². The average Bonchev–Trinajstić information content (AvgIpc) is 2.67. The molecule has 0 aliphatic rings. The number of hydrogen-bond donors (Lipinski definition) is 1. The van der Waals surface area contributed by atoms with Crippen molar-refractivity contribution in [1.29, 1.82) is 0 Å². The summed E-state index contributed by atoms with van der Waals surface area (Å²) in [5.74, 6) is -0.806. The van der Waals surface area contributed by atoms with Crippen LogP contribution in [-0.4, -0.2) is 23.5 Å². The third kappa shape index (κ3) is 5.37. The number of carbonyl (C=O) groups is 2. The maximum absolute atomic E-state index is 12.0. The van der Waals surface area contributed by atoms with Crippen LogP contribution >= 0.6 is 15.9 Å². The summed E-state index contributed by atoms with van der Waals surface area (Å²) in [5.41, 5.74) is 3.43. The van der Waals surface area contributed by atoms with Crippen LogP contribution < -0.4 is 5.32 Å². The molecule has 1 heterocycles. The average molecular weight is 427 g/mol. The van der Waals surface area contributed by atoms with Crippen LogP contribution in [0.15, 0.2) is 59.1 Å². The van der Waals surface area contributed by atoms with E-state index in [0.717, 1.165) is 26.6 Å². The molecule has 0 radical (unpaired) electrons. The molecule has 0 aliphatic carbocycles. The van der Waals surface area contributed by atoms with Crippen LogP contribution in [0.2, 0.25) is 0 Å². The van der Waals surface area contributed by atoms with E-state index in [4.69, 9.17) is 4.74 Å². The summed E-state index contributed by atoms with van der Waals surface area (Å²) < 4.78 is 5.84. The van der Waals surface area contributed by atoms with Crippen molar-refractivity contribution in [2.75, 3.05) is 11.9 Å². The van der Waals surface area contributed by atoms with E-state index in [-0.39, 0.29) is 18.9 Å². The molecule has 5 nitrogen and oxygen atoms in total. The molecule has 0 unspecified atom stereocenters. The van der Waals surface area contributed by atoms with Crippen LogP contribution in [-0.2, 0) is 20.7 Å². The molecule has 0 spiro atoms. The molecule has 0 saturated carbocycles. The molecular weight excluding hydrogens is 408 g/mol. The number of amides is 1. The Bertz CT molecular complexity index is 988. The molecule has 27 heavy (non-hydrogen) atoms. The van der Waals surface area contributed by atoms with E-state index >= 15 is 0 Å². The number of fused-ring (bicyclic) bond motifs is 1. The van der Waals surface area contributed by atoms with Gasteiger partial charge in [-0.3, -0.25) is 14.6 Å². The predicted octanol–water partition coefficient (Wildman–Crippen LogP) is 4.42. The minimum atomic E-state index is -0.428. The minimum absolute atomic E-state index is 0.173. The second-order valence-electron chi connectivity index (χ2n) is 6.19. The number of nitrogens with zero attached hydrogens (tertiary/aromatic N) is 1. The van der Waals surface area contributed by atoms with Gasteiger partial charge in [0, 0.05) is 22.0 Å². The number of rotatable bonds is 6. The zero-order chi connectivity index (χ0) is 19.2. The van der Waals surface area contributed by atoms with E-state index in [2.05, 4.69) is 26.2 Å². The number of hydrogen-bond acceptors (Lipinski definition) is 4. The van der Waals surface area contributed by atoms with E-state index in [1.807, 2.05) is 55.5 Å². The largest absolute Gasteiger partial charge is 0.456 e. The lowest BCUT2D eigenvalue weighted by molar-refractivity contribution is -0.147. The van der Waals surface area contributed by atoms with E-state index in [1.54, 1.807) is 6.07 Å². The van der Waals surface area contributed by atoms with E-state index in [0.29, 0.717) is 12.1 Å². The fourth-order valence-electron chi connectivity index (χ4n) is 2.60. The highest BCUT2D eigenvalue weighted by atomic mass is 79.9. The van der Waals surface area contributed by atoms with Gasteiger partial charge in [-0.15, -0.1) is 0 Å². The SMILES string of the molecule is Cc1ccc(NC(=O)COC(=O)CCc2ccc3ccccc3n2)c(Br)c1. The summed E-state index contributed by atoms with van der Waals surface area (Å²) in [6.45, 7) is 1.65. The highest BCUT2D eigenvalue weighted by Crippen LogP contribution is 2.23. The maximum atomic E-state index is 12.0. The smallest absolute Gasteiger partial charge is 0.306 e. The second kappa shape index (κ2) is 8.77. The van der Waals surface area contributed by atoms with Crippen LogP contribution in [0.5, 0.6) is 0 Å². The molecule has 1 amide bonds. The molecule has 3 rings (SSSR count). The molecular formula is C21H19BrN2O3. The molecule has 3 aromatic rings. The highest BCUT2D eigenvalue weighted by Gasteiger charge is 2.10. The molecule has 0 atom stereocenters. The van der Waals surface area contributed by atoms with Crippen LogP contribution in [0.4, 0.5) is 5.69 Å². The fraction of sp³-hybridized carbons (Fsp3) is 0.190. The van der Waals surface area contributed by atoms with Gasteiger partial charge in [-0.05, 0) is 52.7 Å². The Labute approximate surface area is 165 Å². The first-order chi connectivity index (χ1) is 13.0. The van der Waals surface area contributed by atoms with Gasteiger partial charge in [-0.1, -0.05) is 30.3 Å². The monoisotopic (exact) mass is 426 g/mol. The Morgan fingerprint density at radius 3 is 2.74 bits per heavy atom. The van der Waals surface area contributed by atoms with Crippen molar-refractivity contribution in [3.63, 3.8) is 0 Å². The number of para-hydroxylation sites is 1. The van der Waals surface area contributed by atoms with E-state index in [9.17, 15) is 9.59 Å². The van der Waals surface area contributed by atoms with Crippen LogP contribution in [0.1, 0.15) is 17.7 Å². The first-order valence-corrected chi connectivity index (χ1v) is 9.37. The van der Waals surface area contributed by atoms with Gasteiger partial charge in [-0.2, -0.15) is 0 Å². The van der Waals surface area contributed by atoms with Crippen molar-refractivity contribution in [2.24, 2.45) is 0 Å². The number of aromatic nitrogens is 1. The minimum Gasteiger partial charge on any atom is -0.456 e. The third-order valence-corrected chi connectivity index (χ3v) is 4.66. The predicted molar refractivity (Wildman–Crippen MR) is 109 cm³/mol. The Balaban J connectivity index is 1.46. The van der Waals surface area contributed by atoms with Crippen LogP contribution in [0, 0.1) is 6.92 Å². The van der Waals surface area contributed by atoms with Gasteiger partial charge in [0.2, 0.25) is 0 Å². The lowest BCUT2D eigenvalue weighted by atomic mass is 10.1. The quantitative estimate of drug-likeness (QED) is 0.592. The summed E-state index contributed by atoms with van der Waals surface area (Å²) in [6, 6.07) is 17.3. The first-order valence-electron chi connectivity index (χ1n) is 8.57. The molecule has 1 aromatic heterocycles. The van der Waals surface area contributed by atoms with E-state index in [1.165, 1.54) is 0 Å². The van der Waals surface area contributed by atoms with Gasteiger partial charge >= 0.3 is 5.97 Å². The van der Waals surface area contributed by atoms with Gasteiger partial charge in [0.05, 0.1) is 17.6 Å². The van der Waals surface area contributed by atoms with Gasteiger partial charge in [-0.25, -0.2) is 0 Å². The van der Waals surface area contributed by atoms with Crippen LogP contribution in [0.25, 0.3) is 10.9 Å². The third-order valence-electron chi connectivity index (χ3n) is 4.00. The van der Waals surface area contributed by atoms with Gasteiger partial charge in [0.15, 0.2) is 6.61 Å². The van der Waals surface area contributed by atoms with Crippen molar-refractivity contribution in [3.05, 3.63) is 70.3 Å². The number of benzene rings is 2. The molecule has 6 heteroatoms. The molecule has 1 N–H and O–H groups in total. The Kier molecular flexibility index (Phi) is 6.19. The standard InChI is InChI=1S/C21H19BrN2O3/c1-14-6-10-19(17(22)12-14)24-20(25)13-27-21(26)11-9-16-8-7-15-4-2-3-5-18(15)23-16/h2-8,10,12H,9,11,13H2,1H3,(H,24,25). The molecule has 0 fully saturated rings. The topological polar surface area (TPSA) is 68.3 Å². The number of halogens is 1. The zero-order valence-electron chi connectivity index (χ0n) is 14.9. The highest BCUT2D eigenvalue weighted by molar-refractivity contribution is 9.10. The fourth-order valence-corrected chi connectivity index (χ4v) is 3.20. The zero-order valence-corrected chi connectivity index (χ0v) is 16.5. The molecule has 0 aliphatic heterocycles. The van der Waals surface area contributed by atoms with Crippen molar-refractivity contribution in [3.8, 4) is 0 Å². The van der Waals surface area contributed by atoms with Gasteiger partial charge in [0.25, 0.3) is 5.91 Å². The van der Waals surface area contributed by atoms with Gasteiger partial charge < -0.3 is 10.1 Å². The maximum Gasteiger partial charge on any atom is 0.306 e. The first kappa shape index (κ1) is 19.0. The Hall–Kier alpha value is -2.73. The Morgan fingerprint density at radius 2 is 1.93 bits per heavy atom. The normalized spacial score (nSPS) is 10.6. The number of nitrogens with one attached hydrogen (secondary N) is 1. The van der Waals surface area contributed by atoms with Crippen molar-refractivity contribution >= 4 is 44.4 Å². The lowest BCUT2D eigenvalue weighted by Gasteiger charge is -2.09. The van der Waals surface area contributed by atoms with E-state index < -0.39 is 5.97 Å². The summed E-state index contributed by atoms with van der Waals surface area (Å²) >= 11 is 3.39. The molecule has 2 aromatic carbocycles. The summed E-state index contributed by atoms with van der Waals surface area (Å²) in [7, 11) is 0. The summed E-state index contributed by atoms with van der Waals surface area (Å²) in [6.07, 6.45) is 0.641. The Morgan fingerprint density at radius 1 is 1.11 bits per heavy atom. The summed E-state index contributed by atoms with van der Waals surface area (Å²) in [4.78, 5) is 28.4. The number of carbonyl (C=O) groups excluding carboxylic acids is 2. The molecule has 0 saturated heterocycles. The molecule has 138 valence electrons. The lowest BCUT2D eigenvalue weighted by Crippen LogP contribution is -2.21.